The molecule has 0 saturated carbocycles. The molecule has 0 radical (unpaired) electrons. The second kappa shape index (κ2) is 6.58. The predicted molar refractivity (Wildman–Crippen MR) is 73.5 cm³/mol. The Balaban J connectivity index is 2.13. The van der Waals surface area contributed by atoms with Crippen LogP contribution in [0.5, 0.6) is 11.5 Å². The van der Waals surface area contributed by atoms with Crippen molar-refractivity contribution < 1.29 is 9.47 Å². The summed E-state index contributed by atoms with van der Waals surface area (Å²) in [5.41, 5.74) is 1.89. The monoisotopic (exact) mass is 259 g/mol. The lowest BCUT2D eigenvalue weighted by atomic mass is 10.2. The van der Waals surface area contributed by atoms with Gasteiger partial charge in [-0.05, 0) is 13.0 Å². The smallest absolute Gasteiger partial charge is 0.165 e. The van der Waals surface area contributed by atoms with Crippen LogP contribution in [0.15, 0.2) is 36.9 Å². The topological polar surface area (TPSA) is 56.3 Å². The zero-order valence-electron chi connectivity index (χ0n) is 11.1. The van der Waals surface area contributed by atoms with Crippen molar-refractivity contribution in [3.63, 3.8) is 0 Å². The molecule has 0 bridgehead atoms. The van der Waals surface area contributed by atoms with E-state index in [2.05, 4.69) is 15.3 Å². The van der Waals surface area contributed by atoms with Crippen molar-refractivity contribution in [2.75, 3.05) is 19.0 Å². The highest BCUT2D eigenvalue weighted by Crippen LogP contribution is 2.31. The first-order valence-electron chi connectivity index (χ1n) is 6.12. The fourth-order valence-electron chi connectivity index (χ4n) is 1.79. The van der Waals surface area contributed by atoms with Crippen LogP contribution in [-0.2, 0) is 6.54 Å². The third-order valence-electron chi connectivity index (χ3n) is 2.61. The number of aromatic nitrogens is 2. The van der Waals surface area contributed by atoms with Crippen molar-refractivity contribution in [1.29, 1.82) is 0 Å². The van der Waals surface area contributed by atoms with Crippen molar-refractivity contribution in [1.82, 2.24) is 9.97 Å². The molecule has 1 heterocycles. The molecule has 100 valence electrons. The Labute approximate surface area is 112 Å². The van der Waals surface area contributed by atoms with Crippen molar-refractivity contribution in [3.8, 4) is 11.5 Å². The van der Waals surface area contributed by atoms with Gasteiger partial charge in [0.25, 0.3) is 0 Å². The molecule has 0 spiro atoms. The van der Waals surface area contributed by atoms with Crippen LogP contribution >= 0.6 is 0 Å². The Bertz CT molecular complexity index is 517. The Morgan fingerprint density at radius 1 is 1.21 bits per heavy atom. The second-order valence-electron chi connectivity index (χ2n) is 3.86. The molecule has 0 saturated heterocycles. The molecule has 0 aliphatic carbocycles. The highest BCUT2D eigenvalue weighted by Gasteiger charge is 2.09. The van der Waals surface area contributed by atoms with E-state index in [4.69, 9.17) is 9.47 Å². The van der Waals surface area contributed by atoms with Gasteiger partial charge in [0.2, 0.25) is 0 Å². The van der Waals surface area contributed by atoms with E-state index in [-0.39, 0.29) is 0 Å². The Morgan fingerprint density at radius 2 is 2.00 bits per heavy atom. The fraction of sp³-hybridized carbons (Fsp3) is 0.286. The number of hydrogen-bond donors (Lipinski definition) is 1. The van der Waals surface area contributed by atoms with Gasteiger partial charge in [0.05, 0.1) is 31.8 Å². The molecular weight excluding hydrogens is 242 g/mol. The summed E-state index contributed by atoms with van der Waals surface area (Å²) in [5, 5.41) is 3.24. The molecule has 0 aliphatic rings. The number of para-hydroxylation sites is 1. The van der Waals surface area contributed by atoms with Crippen LogP contribution in [0.4, 0.5) is 5.69 Å². The van der Waals surface area contributed by atoms with Crippen LogP contribution in [0.25, 0.3) is 0 Å². The van der Waals surface area contributed by atoms with Gasteiger partial charge in [0.1, 0.15) is 6.33 Å². The van der Waals surface area contributed by atoms with Crippen molar-refractivity contribution in [2.24, 2.45) is 0 Å². The van der Waals surface area contributed by atoms with Gasteiger partial charge in [-0.1, -0.05) is 12.1 Å². The summed E-state index contributed by atoms with van der Waals surface area (Å²) < 4.78 is 11.0. The van der Waals surface area contributed by atoms with Crippen LogP contribution in [-0.4, -0.2) is 23.7 Å². The summed E-state index contributed by atoms with van der Waals surface area (Å²) in [4.78, 5) is 7.91. The SMILES string of the molecule is CCOc1cccc(CNc2cncnc2)c1OC. The molecule has 1 aromatic heterocycles. The van der Waals surface area contributed by atoms with E-state index >= 15 is 0 Å². The lowest BCUT2D eigenvalue weighted by Crippen LogP contribution is -2.04. The van der Waals surface area contributed by atoms with E-state index in [1.165, 1.54) is 6.33 Å². The lowest BCUT2D eigenvalue weighted by Gasteiger charge is -2.14. The molecule has 0 fully saturated rings. The highest BCUT2D eigenvalue weighted by atomic mass is 16.5. The summed E-state index contributed by atoms with van der Waals surface area (Å²) in [6.07, 6.45) is 4.96. The van der Waals surface area contributed by atoms with E-state index < -0.39 is 0 Å². The first-order valence-corrected chi connectivity index (χ1v) is 6.12. The first kappa shape index (κ1) is 13.1. The molecule has 5 heteroatoms. The second-order valence-corrected chi connectivity index (χ2v) is 3.86. The minimum atomic E-state index is 0.611. The minimum Gasteiger partial charge on any atom is -0.493 e. The average Bonchev–Trinajstić information content (AvgIpc) is 2.46. The number of benzene rings is 1. The van der Waals surface area contributed by atoms with Crippen LogP contribution in [0.3, 0.4) is 0 Å². The standard InChI is InChI=1S/C14H17N3O2/c1-3-19-13-6-4-5-11(14(13)18-2)7-17-12-8-15-10-16-9-12/h4-6,8-10,17H,3,7H2,1-2H3. The zero-order valence-corrected chi connectivity index (χ0v) is 11.1. The van der Waals surface area contributed by atoms with Gasteiger partial charge < -0.3 is 14.8 Å². The largest absolute Gasteiger partial charge is 0.493 e. The van der Waals surface area contributed by atoms with Gasteiger partial charge in [-0.25, -0.2) is 9.97 Å². The molecule has 0 atom stereocenters. The zero-order chi connectivity index (χ0) is 13.5. The van der Waals surface area contributed by atoms with Crippen LogP contribution in [0.1, 0.15) is 12.5 Å². The highest BCUT2D eigenvalue weighted by molar-refractivity contribution is 5.49. The van der Waals surface area contributed by atoms with Crippen LogP contribution in [0.2, 0.25) is 0 Å². The number of nitrogens with one attached hydrogen (secondary N) is 1. The Hall–Kier alpha value is -2.30. The molecule has 0 unspecified atom stereocenters. The van der Waals surface area contributed by atoms with E-state index in [0.29, 0.717) is 13.2 Å². The van der Waals surface area contributed by atoms with Gasteiger partial charge >= 0.3 is 0 Å². The number of anilines is 1. The lowest BCUT2D eigenvalue weighted by molar-refractivity contribution is 0.309. The number of methoxy groups -OCH3 is 1. The molecule has 2 aromatic rings. The van der Waals surface area contributed by atoms with Crippen LogP contribution in [0, 0.1) is 0 Å². The number of hydrogen-bond acceptors (Lipinski definition) is 5. The maximum atomic E-state index is 5.54. The number of ether oxygens (including phenoxy) is 2. The molecule has 19 heavy (non-hydrogen) atoms. The van der Waals surface area contributed by atoms with Gasteiger partial charge in [-0.3, -0.25) is 0 Å². The van der Waals surface area contributed by atoms with Gasteiger partial charge in [-0.15, -0.1) is 0 Å². The third-order valence-corrected chi connectivity index (χ3v) is 2.61. The summed E-state index contributed by atoms with van der Waals surface area (Å²) >= 11 is 0. The fourth-order valence-corrected chi connectivity index (χ4v) is 1.79. The van der Waals surface area contributed by atoms with Gasteiger partial charge in [-0.2, -0.15) is 0 Å². The summed E-state index contributed by atoms with van der Waals surface area (Å²) in [6.45, 7) is 3.18. The maximum Gasteiger partial charge on any atom is 0.165 e. The normalized spacial score (nSPS) is 10.0. The Kier molecular flexibility index (Phi) is 4.55. The van der Waals surface area contributed by atoms with E-state index in [9.17, 15) is 0 Å². The number of nitrogens with zero attached hydrogens (tertiary/aromatic N) is 2. The molecule has 1 aromatic carbocycles. The van der Waals surface area contributed by atoms with Crippen molar-refractivity contribution in [3.05, 3.63) is 42.5 Å². The van der Waals surface area contributed by atoms with Crippen LogP contribution < -0.4 is 14.8 Å². The first-order chi connectivity index (χ1) is 9.35. The predicted octanol–water partition coefficient (Wildman–Crippen LogP) is 2.50. The Morgan fingerprint density at radius 3 is 2.68 bits per heavy atom. The van der Waals surface area contributed by atoms with Crippen molar-refractivity contribution >= 4 is 5.69 Å². The quantitative estimate of drug-likeness (QED) is 0.863. The van der Waals surface area contributed by atoms with Gasteiger partial charge in [0.15, 0.2) is 11.5 Å². The summed E-state index contributed by atoms with van der Waals surface area (Å²) in [5.74, 6) is 1.52. The summed E-state index contributed by atoms with van der Waals surface area (Å²) in [6, 6.07) is 5.85. The third kappa shape index (κ3) is 3.34. The molecule has 0 amide bonds. The van der Waals surface area contributed by atoms with E-state index in [1.807, 2.05) is 25.1 Å². The molecular formula is C14H17N3O2. The molecule has 1 N–H and O–H groups in total. The molecule has 0 aliphatic heterocycles. The van der Waals surface area contributed by atoms with E-state index in [0.717, 1.165) is 22.7 Å². The van der Waals surface area contributed by atoms with Gasteiger partial charge in [0, 0.05) is 12.1 Å². The minimum absolute atomic E-state index is 0.611. The average molecular weight is 259 g/mol. The van der Waals surface area contributed by atoms with E-state index in [1.54, 1.807) is 19.5 Å². The van der Waals surface area contributed by atoms with Crippen molar-refractivity contribution in [2.45, 2.75) is 13.5 Å². The molecule has 2 rings (SSSR count). The maximum absolute atomic E-state index is 5.54. The number of rotatable bonds is 6. The summed E-state index contributed by atoms with van der Waals surface area (Å²) in [7, 11) is 1.65. The molecule has 5 nitrogen and oxygen atoms in total.